The Hall–Kier alpha value is -2.29. The van der Waals surface area contributed by atoms with Crippen LogP contribution < -0.4 is 4.74 Å². The van der Waals surface area contributed by atoms with Crippen molar-refractivity contribution < 1.29 is 14.3 Å². The van der Waals surface area contributed by atoms with Crippen LogP contribution >= 0.6 is 0 Å². The van der Waals surface area contributed by atoms with E-state index in [1.54, 1.807) is 0 Å². The van der Waals surface area contributed by atoms with Crippen molar-refractivity contribution in [1.29, 1.82) is 0 Å². The van der Waals surface area contributed by atoms with Crippen LogP contribution in [0.5, 0.6) is 5.75 Å². The van der Waals surface area contributed by atoms with Crippen molar-refractivity contribution in [3.05, 3.63) is 54.1 Å². The number of hydrogen-bond donors (Lipinski definition) is 0. The summed E-state index contributed by atoms with van der Waals surface area (Å²) in [6, 6.07) is 16.7. The number of ether oxygens (including phenoxy) is 2. The summed E-state index contributed by atoms with van der Waals surface area (Å²) >= 11 is 0. The molecule has 3 heteroatoms. The maximum atomic E-state index is 12.1. The quantitative estimate of drug-likeness (QED) is 0.136. The Morgan fingerprint density at radius 2 is 1.11 bits per heavy atom. The van der Waals surface area contributed by atoms with Gasteiger partial charge in [0.15, 0.2) is 0 Å². The molecule has 2 aromatic rings. The molecule has 1 atom stereocenters. The molecule has 3 nitrogen and oxygen atoms in total. The Labute approximate surface area is 221 Å². The largest absolute Gasteiger partial charge is 0.494 e. The highest BCUT2D eigenvalue weighted by atomic mass is 16.5. The lowest BCUT2D eigenvalue weighted by atomic mass is 10.0. The molecule has 0 N–H and O–H groups in total. The topological polar surface area (TPSA) is 35.5 Å². The third kappa shape index (κ3) is 12.6. The van der Waals surface area contributed by atoms with Gasteiger partial charge in [0, 0.05) is 6.42 Å². The molecule has 0 bridgehead atoms. The molecule has 2 rings (SSSR count). The fourth-order valence-electron chi connectivity index (χ4n) is 4.49. The molecule has 200 valence electrons. The van der Waals surface area contributed by atoms with Crippen LogP contribution in [0.15, 0.2) is 48.5 Å². The molecular formula is C33H50O3. The van der Waals surface area contributed by atoms with E-state index in [0.717, 1.165) is 48.3 Å². The SMILES string of the molecule is CCCCCCCCCCCOc1ccc(-c2ccc(C(C)OC(=O)CCCCCCC)cc2)cc1. The van der Waals surface area contributed by atoms with Crippen LogP contribution in [0.2, 0.25) is 0 Å². The van der Waals surface area contributed by atoms with Crippen molar-refractivity contribution in [2.24, 2.45) is 0 Å². The zero-order chi connectivity index (χ0) is 25.8. The number of carbonyl (C=O) groups excluding carboxylic acids is 1. The number of hydrogen-bond acceptors (Lipinski definition) is 3. The van der Waals surface area contributed by atoms with Crippen molar-refractivity contribution in [3.63, 3.8) is 0 Å². The summed E-state index contributed by atoms with van der Waals surface area (Å²) in [4.78, 5) is 12.1. The van der Waals surface area contributed by atoms with Gasteiger partial charge < -0.3 is 9.47 Å². The van der Waals surface area contributed by atoms with Gasteiger partial charge in [-0.25, -0.2) is 0 Å². The molecule has 2 aromatic carbocycles. The molecule has 0 amide bonds. The second-order valence-electron chi connectivity index (χ2n) is 10.1. The van der Waals surface area contributed by atoms with E-state index in [0.29, 0.717) is 6.42 Å². The molecule has 0 radical (unpaired) electrons. The summed E-state index contributed by atoms with van der Waals surface area (Å²) in [7, 11) is 0. The minimum absolute atomic E-state index is 0.0962. The molecular weight excluding hydrogens is 444 g/mol. The zero-order valence-corrected chi connectivity index (χ0v) is 23.2. The predicted molar refractivity (Wildman–Crippen MR) is 152 cm³/mol. The first-order valence-corrected chi connectivity index (χ1v) is 14.7. The van der Waals surface area contributed by atoms with Crippen LogP contribution in [0.1, 0.15) is 129 Å². The first kappa shape index (κ1) is 29.9. The van der Waals surface area contributed by atoms with Gasteiger partial charge in [-0.15, -0.1) is 0 Å². The molecule has 0 heterocycles. The Morgan fingerprint density at radius 1 is 0.639 bits per heavy atom. The number of esters is 1. The van der Waals surface area contributed by atoms with E-state index in [1.807, 2.05) is 6.92 Å². The molecule has 1 unspecified atom stereocenters. The van der Waals surface area contributed by atoms with Crippen molar-refractivity contribution >= 4 is 5.97 Å². The van der Waals surface area contributed by atoms with E-state index in [4.69, 9.17) is 9.47 Å². The third-order valence-corrected chi connectivity index (χ3v) is 6.88. The van der Waals surface area contributed by atoms with Crippen molar-refractivity contribution in [2.75, 3.05) is 6.61 Å². The lowest BCUT2D eigenvalue weighted by Crippen LogP contribution is -2.08. The van der Waals surface area contributed by atoms with E-state index in [-0.39, 0.29) is 12.1 Å². The third-order valence-electron chi connectivity index (χ3n) is 6.88. The molecule has 0 spiro atoms. The molecule has 0 saturated carbocycles. The summed E-state index contributed by atoms with van der Waals surface area (Å²) in [6.07, 6.45) is 17.9. The van der Waals surface area contributed by atoms with Crippen LogP contribution in [-0.4, -0.2) is 12.6 Å². The Kier molecular flexibility index (Phi) is 15.7. The van der Waals surface area contributed by atoms with Crippen molar-refractivity contribution in [2.45, 2.75) is 123 Å². The second-order valence-corrected chi connectivity index (χ2v) is 10.1. The maximum absolute atomic E-state index is 12.1. The lowest BCUT2D eigenvalue weighted by Gasteiger charge is -2.14. The average Bonchev–Trinajstić information content (AvgIpc) is 2.90. The molecule has 0 aliphatic heterocycles. The van der Waals surface area contributed by atoms with E-state index in [1.165, 1.54) is 70.6 Å². The van der Waals surface area contributed by atoms with Crippen LogP contribution in [-0.2, 0) is 9.53 Å². The molecule has 0 saturated heterocycles. The summed E-state index contributed by atoms with van der Waals surface area (Å²) in [6.45, 7) is 7.21. The van der Waals surface area contributed by atoms with Gasteiger partial charge in [0.1, 0.15) is 11.9 Å². The van der Waals surface area contributed by atoms with Gasteiger partial charge in [0.25, 0.3) is 0 Å². The lowest BCUT2D eigenvalue weighted by molar-refractivity contribution is -0.148. The fourth-order valence-corrected chi connectivity index (χ4v) is 4.49. The summed E-state index contributed by atoms with van der Waals surface area (Å²) in [5.74, 6) is 0.839. The first-order valence-electron chi connectivity index (χ1n) is 14.7. The minimum Gasteiger partial charge on any atom is -0.494 e. The van der Waals surface area contributed by atoms with E-state index in [2.05, 4.69) is 62.4 Å². The van der Waals surface area contributed by atoms with E-state index >= 15 is 0 Å². The molecule has 0 aliphatic rings. The monoisotopic (exact) mass is 494 g/mol. The Morgan fingerprint density at radius 3 is 1.67 bits per heavy atom. The number of benzene rings is 2. The predicted octanol–water partition coefficient (Wildman–Crippen LogP) is 10.2. The van der Waals surface area contributed by atoms with Crippen molar-refractivity contribution in [3.8, 4) is 16.9 Å². The van der Waals surface area contributed by atoms with Crippen molar-refractivity contribution in [1.82, 2.24) is 0 Å². The smallest absolute Gasteiger partial charge is 0.306 e. The van der Waals surface area contributed by atoms with E-state index < -0.39 is 0 Å². The van der Waals surface area contributed by atoms with Gasteiger partial charge in [-0.05, 0) is 48.6 Å². The maximum Gasteiger partial charge on any atom is 0.306 e. The second kappa shape index (κ2) is 18.9. The fraction of sp³-hybridized carbons (Fsp3) is 0.606. The van der Waals surface area contributed by atoms with Crippen LogP contribution in [0, 0.1) is 0 Å². The zero-order valence-electron chi connectivity index (χ0n) is 23.2. The molecule has 36 heavy (non-hydrogen) atoms. The first-order chi connectivity index (χ1) is 17.6. The van der Waals surface area contributed by atoms with Gasteiger partial charge in [0.05, 0.1) is 6.61 Å². The summed E-state index contributed by atoms with van der Waals surface area (Å²) in [5, 5.41) is 0. The number of carbonyl (C=O) groups is 1. The highest BCUT2D eigenvalue weighted by Crippen LogP contribution is 2.26. The van der Waals surface area contributed by atoms with Crippen LogP contribution in [0.25, 0.3) is 11.1 Å². The van der Waals surface area contributed by atoms with E-state index in [9.17, 15) is 4.79 Å². The van der Waals surface area contributed by atoms with Gasteiger partial charge >= 0.3 is 5.97 Å². The van der Waals surface area contributed by atoms with Gasteiger partial charge in [-0.3, -0.25) is 4.79 Å². The van der Waals surface area contributed by atoms with Crippen LogP contribution in [0.3, 0.4) is 0 Å². The molecule has 0 aromatic heterocycles. The van der Waals surface area contributed by atoms with Gasteiger partial charge in [-0.1, -0.05) is 127 Å². The highest BCUT2D eigenvalue weighted by Gasteiger charge is 2.12. The Balaban J connectivity index is 1.66. The van der Waals surface area contributed by atoms with Gasteiger partial charge in [-0.2, -0.15) is 0 Å². The minimum atomic E-state index is -0.223. The summed E-state index contributed by atoms with van der Waals surface area (Å²) < 4.78 is 11.6. The number of unbranched alkanes of at least 4 members (excludes halogenated alkanes) is 12. The standard InChI is InChI=1S/C33H50O3/c1-4-6-8-10-11-12-13-15-17-27-35-32-25-23-31(24-26-32)30-21-19-29(20-22-30)28(3)36-33(34)18-16-14-9-7-5-2/h19-26,28H,4-18,27H2,1-3H3. The van der Waals surface area contributed by atoms with Gasteiger partial charge in [0.2, 0.25) is 0 Å². The summed E-state index contributed by atoms with van der Waals surface area (Å²) in [5.41, 5.74) is 3.34. The average molecular weight is 495 g/mol. The van der Waals surface area contributed by atoms with Crippen LogP contribution in [0.4, 0.5) is 0 Å². The molecule has 0 fully saturated rings. The highest BCUT2D eigenvalue weighted by molar-refractivity contribution is 5.69. The Bertz CT molecular complexity index is 810. The number of rotatable bonds is 20. The molecule has 0 aliphatic carbocycles. The normalized spacial score (nSPS) is 11.9.